The van der Waals surface area contributed by atoms with Crippen LogP contribution in [0.15, 0.2) is 48.6 Å². The molecule has 0 fully saturated rings. The molecule has 9 heteroatoms. The number of hydrogen-bond donors (Lipinski definition) is 3. The maximum Gasteiger partial charge on any atom is 0.472 e. The van der Waals surface area contributed by atoms with Gasteiger partial charge in [0.25, 0.3) is 0 Å². The molecule has 3 atom stereocenters. The van der Waals surface area contributed by atoms with E-state index < -0.39 is 20.0 Å². The van der Waals surface area contributed by atoms with Gasteiger partial charge in [-0.2, -0.15) is 0 Å². The van der Waals surface area contributed by atoms with Crippen molar-refractivity contribution in [3.05, 3.63) is 48.6 Å². The molecule has 0 aromatic carbocycles. The van der Waals surface area contributed by atoms with Gasteiger partial charge in [-0.3, -0.25) is 13.8 Å². The number of phosphoric acid groups is 1. The van der Waals surface area contributed by atoms with E-state index in [-0.39, 0.29) is 19.1 Å². The quantitative estimate of drug-likeness (QED) is 0.0243. The van der Waals surface area contributed by atoms with Crippen molar-refractivity contribution in [1.29, 1.82) is 0 Å². The van der Waals surface area contributed by atoms with Gasteiger partial charge >= 0.3 is 7.82 Å². The lowest BCUT2D eigenvalue weighted by atomic mass is 10.0. The molecule has 3 unspecified atom stereocenters. The molecule has 0 aromatic heterocycles. The molecule has 0 heterocycles. The second kappa shape index (κ2) is 63.9. The number of amides is 1. The summed E-state index contributed by atoms with van der Waals surface area (Å²) in [6.45, 7) is 4.83. The number of aliphatic hydroxyl groups is 1. The minimum atomic E-state index is -4.33. The summed E-state index contributed by atoms with van der Waals surface area (Å²) in [4.78, 5) is 23.5. The van der Waals surface area contributed by atoms with Crippen molar-refractivity contribution in [3.63, 3.8) is 0 Å². The summed E-state index contributed by atoms with van der Waals surface area (Å²) in [5.74, 6) is -0.137. The fraction of sp³-hybridized carbons (Fsp3) is 0.877. The van der Waals surface area contributed by atoms with Gasteiger partial charge in [-0.1, -0.05) is 351 Å². The fourth-order valence-corrected chi connectivity index (χ4v) is 11.8. The Morgan fingerprint density at radius 3 is 1.07 bits per heavy atom. The number of aliphatic hydroxyl groups excluding tert-OH is 1. The van der Waals surface area contributed by atoms with E-state index in [4.69, 9.17) is 9.05 Å². The molecular formula is C73H142N2O6P+. The van der Waals surface area contributed by atoms with Crippen LogP contribution in [0.3, 0.4) is 0 Å². The summed E-state index contributed by atoms with van der Waals surface area (Å²) in [6.07, 6.45) is 86.5. The number of carbonyl (C=O) groups is 1. The van der Waals surface area contributed by atoms with Crippen LogP contribution < -0.4 is 5.32 Å². The van der Waals surface area contributed by atoms with E-state index in [0.29, 0.717) is 23.9 Å². The zero-order chi connectivity index (χ0) is 59.8. The lowest BCUT2D eigenvalue weighted by Gasteiger charge is -2.26. The van der Waals surface area contributed by atoms with Crippen LogP contribution in [0.4, 0.5) is 0 Å². The highest BCUT2D eigenvalue weighted by atomic mass is 31.2. The van der Waals surface area contributed by atoms with Crippen LogP contribution in [0.5, 0.6) is 0 Å². The Morgan fingerprint density at radius 1 is 0.427 bits per heavy atom. The van der Waals surface area contributed by atoms with Gasteiger partial charge in [-0.25, -0.2) is 4.57 Å². The Balaban J connectivity index is 3.98. The summed E-state index contributed by atoms with van der Waals surface area (Å²) in [6, 6.07) is -0.761. The molecule has 82 heavy (non-hydrogen) atoms. The molecule has 0 radical (unpaired) electrons. The first kappa shape index (κ1) is 80.5. The van der Waals surface area contributed by atoms with Crippen LogP contribution in [0.2, 0.25) is 0 Å². The Kier molecular flexibility index (Phi) is 62.7. The first-order valence-corrected chi connectivity index (χ1v) is 37.5. The third-order valence-electron chi connectivity index (χ3n) is 16.6. The molecule has 0 aliphatic heterocycles. The summed E-state index contributed by atoms with van der Waals surface area (Å²) in [5.41, 5.74) is 0. The largest absolute Gasteiger partial charge is 0.472 e. The molecule has 3 N–H and O–H groups in total. The number of carbonyl (C=O) groups excluding carboxylic acids is 1. The molecule has 0 saturated carbocycles. The van der Waals surface area contributed by atoms with Crippen molar-refractivity contribution in [2.45, 2.75) is 373 Å². The topological polar surface area (TPSA) is 105 Å². The maximum atomic E-state index is 13.1. The standard InChI is InChI=1S/C73H141N2O6P/c1-6-8-10-12-14-16-18-20-22-24-26-28-30-32-34-35-36-37-38-39-41-43-45-47-49-51-53-55-57-59-61-63-65-67-73(77)74-71(70-81-82(78,79)80-69-68-75(3,4)5)72(76)66-64-62-60-58-56-54-52-50-48-46-44-42-40-33-31-29-27-25-23-21-19-17-15-13-11-9-7-2/h8,10,14,16,20,22,26,28,71-72,76H,6-7,9,11-13,15,17-19,21,23-25,27,29-70H2,1-5H3,(H-,74,77,78,79)/p+1/b10-8-,16-14-,22-20-,28-26-. The number of hydrogen-bond acceptors (Lipinski definition) is 5. The first-order chi connectivity index (χ1) is 40.0. The van der Waals surface area contributed by atoms with Crippen LogP contribution >= 0.6 is 7.82 Å². The number of likely N-dealkylation sites (N-methyl/N-ethyl adjacent to an activating group) is 1. The summed E-state index contributed by atoms with van der Waals surface area (Å²) in [7, 11) is 1.63. The highest BCUT2D eigenvalue weighted by Gasteiger charge is 2.28. The monoisotopic (exact) mass is 1170 g/mol. The van der Waals surface area contributed by atoms with E-state index in [2.05, 4.69) is 67.8 Å². The summed E-state index contributed by atoms with van der Waals surface area (Å²) >= 11 is 0. The Morgan fingerprint density at radius 2 is 0.732 bits per heavy atom. The Hall–Kier alpha value is -1.54. The van der Waals surface area contributed by atoms with Gasteiger partial charge < -0.3 is 19.8 Å². The average molecular weight is 1170 g/mol. The summed E-state index contributed by atoms with van der Waals surface area (Å²) in [5, 5.41) is 14.2. The van der Waals surface area contributed by atoms with Crippen LogP contribution in [-0.2, 0) is 18.4 Å². The molecule has 0 spiro atoms. The second-order valence-corrected chi connectivity index (χ2v) is 27.4. The number of unbranched alkanes of at least 4 members (excludes halogenated alkanes) is 46. The van der Waals surface area contributed by atoms with E-state index in [1.54, 1.807) is 0 Å². The van der Waals surface area contributed by atoms with E-state index in [1.807, 2.05) is 21.1 Å². The van der Waals surface area contributed by atoms with E-state index in [1.165, 1.54) is 270 Å². The maximum absolute atomic E-state index is 13.1. The molecular weight excluding hydrogens is 1030 g/mol. The van der Waals surface area contributed by atoms with E-state index >= 15 is 0 Å². The third kappa shape index (κ3) is 66.0. The first-order valence-electron chi connectivity index (χ1n) is 36.0. The summed E-state index contributed by atoms with van der Waals surface area (Å²) < 4.78 is 23.9. The van der Waals surface area contributed by atoms with Crippen molar-refractivity contribution >= 4 is 13.7 Å². The van der Waals surface area contributed by atoms with Crippen molar-refractivity contribution in [1.82, 2.24) is 5.32 Å². The van der Waals surface area contributed by atoms with Crippen LogP contribution in [0.1, 0.15) is 361 Å². The molecule has 1 amide bonds. The zero-order valence-electron chi connectivity index (χ0n) is 55.5. The smallest absolute Gasteiger partial charge is 0.391 e. The van der Waals surface area contributed by atoms with E-state index in [0.717, 1.165) is 64.2 Å². The lowest BCUT2D eigenvalue weighted by Crippen LogP contribution is -2.46. The molecule has 8 nitrogen and oxygen atoms in total. The van der Waals surface area contributed by atoms with Gasteiger partial charge in [-0.05, 0) is 51.4 Å². The number of nitrogens with one attached hydrogen (secondary N) is 1. The van der Waals surface area contributed by atoms with E-state index in [9.17, 15) is 19.4 Å². The number of quaternary nitrogens is 1. The minimum Gasteiger partial charge on any atom is -0.391 e. The van der Waals surface area contributed by atoms with Gasteiger partial charge in [0.2, 0.25) is 5.91 Å². The molecule has 0 bridgehead atoms. The van der Waals surface area contributed by atoms with Crippen molar-refractivity contribution < 1.29 is 32.9 Å². The number of allylic oxidation sites excluding steroid dienone is 8. The second-order valence-electron chi connectivity index (χ2n) is 25.9. The Labute approximate surface area is 511 Å². The van der Waals surface area contributed by atoms with Gasteiger partial charge in [-0.15, -0.1) is 0 Å². The predicted octanol–water partition coefficient (Wildman–Crippen LogP) is 23.0. The van der Waals surface area contributed by atoms with Crippen LogP contribution in [-0.4, -0.2) is 73.4 Å². The van der Waals surface area contributed by atoms with Crippen LogP contribution in [0.25, 0.3) is 0 Å². The number of nitrogens with zero attached hydrogens (tertiary/aromatic N) is 1. The minimum absolute atomic E-state index is 0.0764. The van der Waals surface area contributed by atoms with Crippen molar-refractivity contribution in [3.8, 4) is 0 Å². The predicted molar refractivity (Wildman–Crippen MR) is 360 cm³/mol. The van der Waals surface area contributed by atoms with Gasteiger partial charge in [0.1, 0.15) is 13.2 Å². The molecule has 0 aromatic rings. The molecule has 0 aliphatic rings. The lowest BCUT2D eigenvalue weighted by molar-refractivity contribution is -0.870. The average Bonchev–Trinajstić information content (AvgIpc) is 3.47. The highest BCUT2D eigenvalue weighted by molar-refractivity contribution is 7.47. The molecule has 0 rings (SSSR count). The number of rotatable bonds is 67. The van der Waals surface area contributed by atoms with Crippen molar-refractivity contribution in [2.75, 3.05) is 40.9 Å². The molecule has 0 aliphatic carbocycles. The highest BCUT2D eigenvalue weighted by Crippen LogP contribution is 2.43. The van der Waals surface area contributed by atoms with Gasteiger partial charge in [0.05, 0.1) is 39.9 Å². The fourth-order valence-electron chi connectivity index (χ4n) is 11.0. The molecule has 0 saturated heterocycles. The number of phosphoric ester groups is 1. The van der Waals surface area contributed by atoms with Gasteiger partial charge in [0, 0.05) is 6.42 Å². The van der Waals surface area contributed by atoms with Gasteiger partial charge in [0.15, 0.2) is 0 Å². The third-order valence-corrected chi connectivity index (χ3v) is 17.6. The molecule has 484 valence electrons. The normalized spacial score (nSPS) is 13.9. The zero-order valence-corrected chi connectivity index (χ0v) is 56.4. The van der Waals surface area contributed by atoms with Crippen LogP contribution in [0, 0.1) is 0 Å². The van der Waals surface area contributed by atoms with Crippen molar-refractivity contribution in [2.24, 2.45) is 0 Å². The Bertz CT molecular complexity index is 1480. The SMILES string of the molecule is CC/C=C\C/C=C\C/C=C\C/C=C\CCCCCCCCCCCCCCCCCCCCCCC(=O)NC(COP(=O)(O)OCC[N+](C)(C)C)C(O)CCCCCCCCCCCCCCCCCCCCCCCCCCCCC.